The smallest absolute Gasteiger partial charge is 0.255 e. The molecule has 0 spiro atoms. The maximum absolute atomic E-state index is 12.2. The summed E-state index contributed by atoms with van der Waals surface area (Å²) < 4.78 is 1.59. The lowest BCUT2D eigenvalue weighted by atomic mass is 9.94. The number of nitrogens with zero attached hydrogens (tertiary/aromatic N) is 2. The van der Waals surface area contributed by atoms with Crippen LogP contribution in [0.4, 0.5) is 0 Å². The molecule has 1 amide bonds. The molecule has 0 radical (unpaired) electrons. The summed E-state index contributed by atoms with van der Waals surface area (Å²) >= 11 is 6.04. The van der Waals surface area contributed by atoms with Crippen molar-refractivity contribution in [3.63, 3.8) is 0 Å². The van der Waals surface area contributed by atoms with E-state index in [1.807, 2.05) is 37.3 Å². The van der Waals surface area contributed by atoms with Crippen LogP contribution in [-0.4, -0.2) is 21.6 Å². The van der Waals surface area contributed by atoms with Crippen LogP contribution < -0.4 is 5.32 Å². The van der Waals surface area contributed by atoms with Crippen LogP contribution in [0.1, 0.15) is 22.8 Å². The highest BCUT2D eigenvalue weighted by molar-refractivity contribution is 6.19. The zero-order valence-electron chi connectivity index (χ0n) is 10.9. The first-order valence-electron chi connectivity index (χ1n) is 5.98. The molecule has 2 aromatic rings. The standard InChI is InChI=1S/C14H16ClN3O/c1-14(10-15,12-6-4-3-5-7-12)17-13(19)11-8-16-18(2)9-11/h3-9H,10H2,1-2H3,(H,17,19). The van der Waals surface area contributed by atoms with Crippen LogP contribution in [0.25, 0.3) is 0 Å². The van der Waals surface area contributed by atoms with Crippen molar-refractivity contribution in [2.75, 3.05) is 5.88 Å². The molecule has 1 atom stereocenters. The number of benzene rings is 1. The van der Waals surface area contributed by atoms with Crippen molar-refractivity contribution in [2.24, 2.45) is 7.05 Å². The molecule has 0 aliphatic rings. The Labute approximate surface area is 117 Å². The Balaban J connectivity index is 2.22. The minimum absolute atomic E-state index is 0.180. The van der Waals surface area contributed by atoms with Gasteiger partial charge in [-0.25, -0.2) is 0 Å². The summed E-state index contributed by atoms with van der Waals surface area (Å²) in [5.74, 6) is 0.114. The van der Waals surface area contributed by atoms with Crippen molar-refractivity contribution in [3.05, 3.63) is 53.9 Å². The monoisotopic (exact) mass is 277 g/mol. The van der Waals surface area contributed by atoms with E-state index in [1.54, 1.807) is 17.9 Å². The number of amides is 1. The Kier molecular flexibility index (Phi) is 3.90. The van der Waals surface area contributed by atoms with Gasteiger partial charge in [-0.05, 0) is 12.5 Å². The van der Waals surface area contributed by atoms with E-state index >= 15 is 0 Å². The lowest BCUT2D eigenvalue weighted by Gasteiger charge is -2.29. The Morgan fingerprint density at radius 1 is 1.42 bits per heavy atom. The van der Waals surface area contributed by atoms with Crippen LogP contribution in [0.15, 0.2) is 42.7 Å². The number of hydrogen-bond donors (Lipinski definition) is 1. The number of hydrogen-bond acceptors (Lipinski definition) is 2. The normalized spacial score (nSPS) is 13.8. The number of rotatable bonds is 4. The zero-order chi connectivity index (χ0) is 13.9. The fourth-order valence-electron chi connectivity index (χ4n) is 1.85. The molecule has 0 saturated carbocycles. The van der Waals surface area contributed by atoms with E-state index in [0.717, 1.165) is 5.56 Å². The van der Waals surface area contributed by atoms with Gasteiger partial charge in [0.1, 0.15) is 0 Å². The second kappa shape index (κ2) is 5.45. The Hall–Kier alpha value is -1.81. The number of carbonyl (C=O) groups is 1. The molecule has 1 heterocycles. The van der Waals surface area contributed by atoms with Crippen LogP contribution >= 0.6 is 11.6 Å². The molecule has 0 fully saturated rings. The second-order valence-corrected chi connectivity index (χ2v) is 4.96. The first-order chi connectivity index (χ1) is 9.05. The summed E-state index contributed by atoms with van der Waals surface area (Å²) in [6.45, 7) is 1.91. The highest BCUT2D eigenvalue weighted by atomic mass is 35.5. The lowest BCUT2D eigenvalue weighted by Crippen LogP contribution is -2.45. The topological polar surface area (TPSA) is 46.9 Å². The third kappa shape index (κ3) is 2.96. The zero-order valence-corrected chi connectivity index (χ0v) is 11.7. The molecule has 0 bridgehead atoms. The molecule has 100 valence electrons. The van der Waals surface area contributed by atoms with Crippen molar-refractivity contribution >= 4 is 17.5 Å². The van der Waals surface area contributed by atoms with Crippen LogP contribution in [0.3, 0.4) is 0 Å². The Morgan fingerprint density at radius 3 is 2.63 bits per heavy atom. The van der Waals surface area contributed by atoms with Gasteiger partial charge in [0, 0.05) is 19.1 Å². The average molecular weight is 278 g/mol. The van der Waals surface area contributed by atoms with E-state index in [2.05, 4.69) is 10.4 Å². The molecule has 2 rings (SSSR count). The van der Waals surface area contributed by atoms with E-state index in [-0.39, 0.29) is 5.91 Å². The SMILES string of the molecule is Cn1cc(C(=O)NC(C)(CCl)c2ccccc2)cn1. The van der Waals surface area contributed by atoms with Crippen molar-refractivity contribution in [1.29, 1.82) is 0 Å². The molecular weight excluding hydrogens is 262 g/mol. The van der Waals surface area contributed by atoms with E-state index in [9.17, 15) is 4.79 Å². The number of carbonyl (C=O) groups excluding carboxylic acids is 1. The summed E-state index contributed by atoms with van der Waals surface area (Å²) in [5, 5.41) is 6.95. The number of alkyl halides is 1. The summed E-state index contributed by atoms with van der Waals surface area (Å²) in [6.07, 6.45) is 3.21. The van der Waals surface area contributed by atoms with Crippen molar-refractivity contribution in [3.8, 4) is 0 Å². The van der Waals surface area contributed by atoms with Crippen molar-refractivity contribution < 1.29 is 4.79 Å². The fourth-order valence-corrected chi connectivity index (χ4v) is 2.07. The molecule has 1 aromatic heterocycles. The molecular formula is C14H16ClN3O. The minimum atomic E-state index is -0.601. The molecule has 1 N–H and O–H groups in total. The predicted octanol–water partition coefficient (Wildman–Crippen LogP) is 2.30. The molecule has 4 nitrogen and oxygen atoms in total. The molecule has 19 heavy (non-hydrogen) atoms. The second-order valence-electron chi connectivity index (χ2n) is 4.69. The molecule has 1 unspecified atom stereocenters. The molecule has 0 aliphatic heterocycles. The van der Waals surface area contributed by atoms with Crippen LogP contribution in [-0.2, 0) is 12.6 Å². The van der Waals surface area contributed by atoms with Crippen LogP contribution in [0.5, 0.6) is 0 Å². The van der Waals surface area contributed by atoms with E-state index in [0.29, 0.717) is 11.4 Å². The van der Waals surface area contributed by atoms with Gasteiger partial charge in [-0.3, -0.25) is 9.48 Å². The molecule has 1 aromatic carbocycles. The maximum atomic E-state index is 12.2. The van der Waals surface area contributed by atoms with Gasteiger partial charge in [0.2, 0.25) is 0 Å². The van der Waals surface area contributed by atoms with Gasteiger partial charge in [0.15, 0.2) is 0 Å². The van der Waals surface area contributed by atoms with E-state index in [1.165, 1.54) is 6.20 Å². The van der Waals surface area contributed by atoms with E-state index in [4.69, 9.17) is 11.6 Å². The first-order valence-corrected chi connectivity index (χ1v) is 6.51. The number of aromatic nitrogens is 2. The number of nitrogens with one attached hydrogen (secondary N) is 1. The van der Waals surface area contributed by atoms with Gasteiger partial charge < -0.3 is 5.32 Å². The maximum Gasteiger partial charge on any atom is 0.255 e. The Morgan fingerprint density at radius 2 is 2.11 bits per heavy atom. The average Bonchev–Trinajstić information content (AvgIpc) is 2.86. The highest BCUT2D eigenvalue weighted by Crippen LogP contribution is 2.22. The quantitative estimate of drug-likeness (QED) is 0.872. The highest BCUT2D eigenvalue weighted by Gasteiger charge is 2.28. The Bertz CT molecular complexity index is 567. The third-order valence-electron chi connectivity index (χ3n) is 3.03. The summed E-state index contributed by atoms with van der Waals surface area (Å²) in [5.41, 5.74) is 0.896. The van der Waals surface area contributed by atoms with E-state index < -0.39 is 5.54 Å². The molecule has 0 saturated heterocycles. The number of aryl methyl sites for hydroxylation is 1. The van der Waals surface area contributed by atoms with Gasteiger partial charge in [0.25, 0.3) is 5.91 Å². The summed E-state index contributed by atoms with van der Waals surface area (Å²) in [6, 6.07) is 9.69. The predicted molar refractivity (Wildman–Crippen MR) is 75.2 cm³/mol. The third-order valence-corrected chi connectivity index (χ3v) is 3.57. The summed E-state index contributed by atoms with van der Waals surface area (Å²) in [7, 11) is 1.77. The minimum Gasteiger partial charge on any atom is -0.341 e. The fraction of sp³-hybridized carbons (Fsp3) is 0.286. The number of halogens is 1. The van der Waals surface area contributed by atoms with Gasteiger partial charge in [-0.1, -0.05) is 30.3 Å². The summed E-state index contributed by atoms with van der Waals surface area (Å²) in [4.78, 5) is 12.2. The van der Waals surface area contributed by atoms with Crippen molar-refractivity contribution in [2.45, 2.75) is 12.5 Å². The molecule has 0 aliphatic carbocycles. The van der Waals surface area contributed by atoms with Crippen LogP contribution in [0, 0.1) is 0 Å². The lowest BCUT2D eigenvalue weighted by molar-refractivity contribution is 0.0913. The van der Waals surface area contributed by atoms with Crippen molar-refractivity contribution in [1.82, 2.24) is 15.1 Å². The largest absolute Gasteiger partial charge is 0.341 e. The van der Waals surface area contributed by atoms with Crippen LogP contribution in [0.2, 0.25) is 0 Å². The van der Waals surface area contributed by atoms with Gasteiger partial charge in [-0.2, -0.15) is 5.10 Å². The van der Waals surface area contributed by atoms with Gasteiger partial charge in [-0.15, -0.1) is 11.6 Å². The van der Waals surface area contributed by atoms with Gasteiger partial charge in [0.05, 0.1) is 17.3 Å². The molecule has 5 heteroatoms. The van der Waals surface area contributed by atoms with Gasteiger partial charge >= 0.3 is 0 Å². The first kappa shape index (κ1) is 13.6.